The van der Waals surface area contributed by atoms with Gasteiger partial charge >= 0.3 is 0 Å². The summed E-state index contributed by atoms with van der Waals surface area (Å²) >= 11 is 1.30. The van der Waals surface area contributed by atoms with Crippen LogP contribution in [0.1, 0.15) is 59.0 Å². The van der Waals surface area contributed by atoms with E-state index in [9.17, 15) is 9.59 Å². The Morgan fingerprint density at radius 3 is 2.71 bits per heavy atom. The van der Waals surface area contributed by atoms with Gasteiger partial charge in [-0.15, -0.1) is 10.2 Å². The lowest BCUT2D eigenvalue weighted by Gasteiger charge is -2.53. The maximum atomic E-state index is 13.7. The van der Waals surface area contributed by atoms with Gasteiger partial charge < -0.3 is 14.4 Å². The predicted octanol–water partition coefficient (Wildman–Crippen LogP) is 3.21. The third-order valence-electron chi connectivity index (χ3n) is 6.29. The number of hydrogen-bond acceptors (Lipinski definition) is 7. The molecular formula is C22H28N4O4S. The number of carbonyl (C=O) groups excluding carboxylic acids is 2. The minimum atomic E-state index is -0.563. The summed E-state index contributed by atoms with van der Waals surface area (Å²) in [5.41, 5.74) is 0.821. The molecule has 1 aromatic carbocycles. The largest absolute Gasteiger partial charge is 0.383 e. The Morgan fingerprint density at radius 1 is 1.19 bits per heavy atom. The molecule has 0 radical (unpaired) electrons. The van der Waals surface area contributed by atoms with Gasteiger partial charge in [-0.25, -0.2) is 0 Å². The van der Waals surface area contributed by atoms with Crippen molar-refractivity contribution in [2.75, 3.05) is 32.7 Å². The van der Waals surface area contributed by atoms with E-state index in [-0.39, 0.29) is 11.8 Å². The van der Waals surface area contributed by atoms with Crippen LogP contribution in [-0.4, -0.2) is 59.8 Å². The number of anilines is 1. The van der Waals surface area contributed by atoms with Gasteiger partial charge in [-0.3, -0.25) is 14.9 Å². The van der Waals surface area contributed by atoms with E-state index in [1.807, 2.05) is 29.2 Å². The summed E-state index contributed by atoms with van der Waals surface area (Å²) in [5, 5.41) is 12.3. The summed E-state index contributed by atoms with van der Waals surface area (Å²) in [7, 11) is 3.23. The average Bonchev–Trinajstić information content (AvgIpc) is 3.21. The average molecular weight is 445 g/mol. The molecule has 0 saturated heterocycles. The van der Waals surface area contributed by atoms with Crippen LogP contribution in [0.25, 0.3) is 0 Å². The zero-order valence-electron chi connectivity index (χ0n) is 17.9. The van der Waals surface area contributed by atoms with Crippen molar-refractivity contribution in [3.8, 4) is 0 Å². The molecule has 1 atom stereocenters. The third kappa shape index (κ3) is 4.09. The second-order valence-electron chi connectivity index (χ2n) is 8.06. The number of amides is 2. The first-order valence-corrected chi connectivity index (χ1v) is 11.4. The monoisotopic (exact) mass is 444 g/mol. The van der Waals surface area contributed by atoms with Gasteiger partial charge in [0.2, 0.25) is 11.0 Å². The maximum Gasteiger partial charge on any atom is 0.254 e. The molecule has 2 amide bonds. The lowest BCUT2D eigenvalue weighted by atomic mass is 9.65. The standard InChI is InChI=1S/C22H28N4O4S/c1-29-13-12-26-20(28)16-9-5-4-8-15(16)18(22(26)10-6-3-7-11-22)19(27)23-21-25-24-17(31-21)14-30-2/h4-5,8-9,18H,3,6-7,10-14H2,1-2H3,(H,23,25,27)/t18-/m1/s1. The van der Waals surface area contributed by atoms with Crippen LogP contribution in [0.4, 0.5) is 5.13 Å². The van der Waals surface area contributed by atoms with Gasteiger partial charge in [-0.1, -0.05) is 48.8 Å². The van der Waals surface area contributed by atoms with Crippen molar-refractivity contribution >= 4 is 28.3 Å². The fourth-order valence-corrected chi connectivity index (χ4v) is 5.73. The maximum absolute atomic E-state index is 13.7. The van der Waals surface area contributed by atoms with Gasteiger partial charge in [0, 0.05) is 26.3 Å². The Morgan fingerprint density at radius 2 is 1.97 bits per heavy atom. The Bertz CT molecular complexity index is 941. The zero-order valence-corrected chi connectivity index (χ0v) is 18.7. The summed E-state index contributed by atoms with van der Waals surface area (Å²) in [4.78, 5) is 29.1. The van der Waals surface area contributed by atoms with Crippen molar-refractivity contribution in [3.05, 3.63) is 40.4 Å². The molecule has 166 valence electrons. The summed E-state index contributed by atoms with van der Waals surface area (Å²) in [6, 6.07) is 7.48. The highest BCUT2D eigenvalue weighted by Crippen LogP contribution is 2.49. The SMILES string of the molecule is COCCN1C(=O)c2ccccc2[C@H](C(=O)Nc2nnc(COC)s2)C12CCCCC2. The van der Waals surface area contributed by atoms with Crippen LogP contribution >= 0.6 is 11.3 Å². The van der Waals surface area contributed by atoms with E-state index >= 15 is 0 Å². The molecule has 4 rings (SSSR count). The molecule has 2 aliphatic rings. The first-order chi connectivity index (χ1) is 15.1. The number of hydrogen-bond donors (Lipinski definition) is 1. The van der Waals surface area contributed by atoms with Gasteiger partial charge in [0.25, 0.3) is 5.91 Å². The molecule has 1 fully saturated rings. The van der Waals surface area contributed by atoms with Crippen molar-refractivity contribution in [3.63, 3.8) is 0 Å². The van der Waals surface area contributed by atoms with Gasteiger partial charge in [0.05, 0.1) is 18.1 Å². The smallest absolute Gasteiger partial charge is 0.254 e. The van der Waals surface area contributed by atoms with E-state index in [2.05, 4.69) is 15.5 Å². The molecule has 31 heavy (non-hydrogen) atoms. The molecule has 2 aromatic rings. The molecule has 1 N–H and O–H groups in total. The molecule has 8 nitrogen and oxygen atoms in total. The number of ether oxygens (including phenoxy) is 2. The van der Waals surface area contributed by atoms with Crippen molar-refractivity contribution < 1.29 is 19.1 Å². The Hall–Kier alpha value is -2.36. The van der Waals surface area contributed by atoms with E-state index in [4.69, 9.17) is 9.47 Å². The number of carbonyl (C=O) groups is 2. The van der Waals surface area contributed by atoms with Crippen LogP contribution in [0.3, 0.4) is 0 Å². The van der Waals surface area contributed by atoms with E-state index < -0.39 is 11.5 Å². The van der Waals surface area contributed by atoms with Gasteiger partial charge in [0.1, 0.15) is 11.6 Å². The van der Waals surface area contributed by atoms with E-state index in [1.54, 1.807) is 14.2 Å². The second kappa shape index (κ2) is 9.42. The first kappa shape index (κ1) is 21.9. The summed E-state index contributed by atoms with van der Waals surface area (Å²) in [6.07, 6.45) is 4.67. The van der Waals surface area contributed by atoms with Crippen LogP contribution in [-0.2, 0) is 20.9 Å². The lowest BCUT2D eigenvalue weighted by Crippen LogP contribution is -2.62. The van der Waals surface area contributed by atoms with Gasteiger partial charge in [-0.2, -0.15) is 0 Å². The fraction of sp³-hybridized carbons (Fsp3) is 0.545. The Balaban J connectivity index is 1.74. The summed E-state index contributed by atoms with van der Waals surface area (Å²) < 4.78 is 10.4. The topological polar surface area (TPSA) is 93.7 Å². The minimum Gasteiger partial charge on any atom is -0.383 e. The van der Waals surface area contributed by atoms with Gasteiger partial charge in [-0.05, 0) is 24.5 Å². The molecule has 0 unspecified atom stereocenters. The highest BCUT2D eigenvalue weighted by atomic mass is 32.1. The van der Waals surface area contributed by atoms with Crippen LogP contribution in [0.5, 0.6) is 0 Å². The van der Waals surface area contributed by atoms with Crippen LogP contribution in [0.2, 0.25) is 0 Å². The van der Waals surface area contributed by atoms with Crippen LogP contribution in [0, 0.1) is 0 Å². The number of nitrogens with zero attached hydrogens (tertiary/aromatic N) is 3. The quantitative estimate of drug-likeness (QED) is 0.705. The third-order valence-corrected chi connectivity index (χ3v) is 7.10. The zero-order chi connectivity index (χ0) is 21.8. The number of methoxy groups -OCH3 is 2. The molecular weight excluding hydrogens is 416 g/mol. The molecule has 0 bridgehead atoms. The fourth-order valence-electron chi connectivity index (χ4n) is 5.01. The van der Waals surface area contributed by atoms with Crippen molar-refractivity contribution in [2.24, 2.45) is 0 Å². The predicted molar refractivity (Wildman–Crippen MR) is 117 cm³/mol. The van der Waals surface area contributed by atoms with E-state index in [1.165, 1.54) is 11.3 Å². The number of rotatable bonds is 7. The molecule has 2 heterocycles. The molecule has 1 spiro atoms. The van der Waals surface area contributed by atoms with Crippen LogP contribution in [0.15, 0.2) is 24.3 Å². The molecule has 1 aliphatic carbocycles. The summed E-state index contributed by atoms with van der Waals surface area (Å²) in [6.45, 7) is 1.24. The number of aromatic nitrogens is 2. The molecule has 1 aliphatic heterocycles. The van der Waals surface area contributed by atoms with Gasteiger partial charge in [0.15, 0.2) is 0 Å². The number of fused-ring (bicyclic) bond motifs is 1. The van der Waals surface area contributed by atoms with E-state index in [0.717, 1.165) is 37.7 Å². The minimum absolute atomic E-state index is 0.0168. The normalized spacial score (nSPS) is 20.0. The highest BCUT2D eigenvalue weighted by Gasteiger charge is 2.54. The number of nitrogens with one attached hydrogen (secondary N) is 1. The van der Waals surface area contributed by atoms with E-state index in [0.29, 0.717) is 35.5 Å². The highest BCUT2D eigenvalue weighted by molar-refractivity contribution is 7.15. The Kier molecular flexibility index (Phi) is 6.64. The number of benzene rings is 1. The lowest BCUT2D eigenvalue weighted by molar-refractivity contribution is -0.122. The van der Waals surface area contributed by atoms with Crippen molar-refractivity contribution in [1.29, 1.82) is 0 Å². The van der Waals surface area contributed by atoms with Crippen molar-refractivity contribution in [2.45, 2.75) is 50.2 Å². The summed E-state index contributed by atoms with van der Waals surface area (Å²) in [5.74, 6) is -0.644. The molecule has 1 saturated carbocycles. The van der Waals surface area contributed by atoms with Crippen LogP contribution < -0.4 is 5.32 Å². The Labute approximate surface area is 185 Å². The van der Waals surface area contributed by atoms with Crippen molar-refractivity contribution in [1.82, 2.24) is 15.1 Å². The molecule has 1 aromatic heterocycles. The first-order valence-electron chi connectivity index (χ1n) is 10.6. The molecule has 9 heteroatoms. The second-order valence-corrected chi connectivity index (χ2v) is 9.12.